The van der Waals surface area contributed by atoms with E-state index in [1.54, 1.807) is 17.6 Å². The van der Waals surface area contributed by atoms with Gasteiger partial charge in [0.05, 0.1) is 6.04 Å². The Kier molecular flexibility index (Phi) is 6.32. The van der Waals surface area contributed by atoms with Gasteiger partial charge < -0.3 is 20.5 Å². The maximum Gasteiger partial charge on any atom is 0.407 e. The number of benzene rings is 2. The van der Waals surface area contributed by atoms with Crippen molar-refractivity contribution in [3.05, 3.63) is 71.0 Å². The third-order valence-electron chi connectivity index (χ3n) is 4.95. The molecule has 156 valence electrons. The number of aromatic nitrogens is 2. The topological polar surface area (TPSA) is 96.4 Å². The van der Waals surface area contributed by atoms with Gasteiger partial charge in [-0.15, -0.1) is 10.2 Å². The number of alkyl carbamates (subject to hydrolysis) is 1. The van der Waals surface area contributed by atoms with E-state index in [0.29, 0.717) is 18.5 Å². The standard InChI is InChI=1S/C21H21FN4O3S/c22-16-3-1-2-14(8-16)10-24-21(28)29-19-17(23-11-18(19)27)9-13-4-6-15(7-5-13)20-26-25-12-30-20/h1-8,12,17-19,23,27H,9-11H2,(H,24,28)/t17-,18+,19+/m1/s1. The smallest absolute Gasteiger partial charge is 0.407 e. The summed E-state index contributed by atoms with van der Waals surface area (Å²) in [5.41, 5.74) is 4.35. The zero-order valence-corrected chi connectivity index (χ0v) is 16.8. The molecule has 1 aromatic heterocycles. The molecule has 7 nitrogen and oxygen atoms in total. The summed E-state index contributed by atoms with van der Waals surface area (Å²) in [7, 11) is 0. The number of rotatable bonds is 6. The second-order valence-electron chi connectivity index (χ2n) is 7.08. The third kappa shape index (κ3) is 4.99. The van der Waals surface area contributed by atoms with E-state index in [9.17, 15) is 14.3 Å². The minimum atomic E-state index is -0.796. The molecule has 1 aliphatic rings. The zero-order chi connectivity index (χ0) is 20.9. The van der Waals surface area contributed by atoms with Crippen LogP contribution in [-0.2, 0) is 17.7 Å². The second-order valence-corrected chi connectivity index (χ2v) is 7.91. The summed E-state index contributed by atoms with van der Waals surface area (Å²) in [6, 6.07) is 13.7. The summed E-state index contributed by atoms with van der Waals surface area (Å²) in [5.74, 6) is -0.365. The molecule has 2 heterocycles. The van der Waals surface area contributed by atoms with Crippen molar-refractivity contribution >= 4 is 17.4 Å². The molecule has 3 aromatic rings. The highest BCUT2D eigenvalue weighted by atomic mass is 32.1. The summed E-state index contributed by atoms with van der Waals surface area (Å²) in [6.45, 7) is 0.486. The molecule has 1 fully saturated rings. The predicted octanol–water partition coefficient (Wildman–Crippen LogP) is 2.51. The second kappa shape index (κ2) is 9.29. The Morgan fingerprint density at radius 1 is 1.27 bits per heavy atom. The Bertz CT molecular complexity index is 984. The summed E-state index contributed by atoms with van der Waals surface area (Å²) < 4.78 is 18.7. The molecule has 3 N–H and O–H groups in total. The van der Waals surface area contributed by atoms with Crippen LogP contribution in [0, 0.1) is 5.82 Å². The summed E-state index contributed by atoms with van der Waals surface area (Å²) in [4.78, 5) is 12.2. The largest absolute Gasteiger partial charge is 0.442 e. The van der Waals surface area contributed by atoms with Gasteiger partial charge >= 0.3 is 6.09 Å². The number of ether oxygens (including phenoxy) is 1. The number of hydrogen-bond donors (Lipinski definition) is 3. The number of halogens is 1. The zero-order valence-electron chi connectivity index (χ0n) is 16.0. The predicted molar refractivity (Wildman–Crippen MR) is 110 cm³/mol. The quantitative estimate of drug-likeness (QED) is 0.558. The molecule has 4 rings (SSSR count). The van der Waals surface area contributed by atoms with Gasteiger partial charge in [0, 0.05) is 18.7 Å². The lowest BCUT2D eigenvalue weighted by Gasteiger charge is -2.22. The number of carbonyl (C=O) groups is 1. The first-order chi connectivity index (χ1) is 14.6. The van der Waals surface area contributed by atoms with Crippen molar-refractivity contribution in [2.24, 2.45) is 0 Å². The van der Waals surface area contributed by atoms with Crippen molar-refractivity contribution in [2.45, 2.75) is 31.2 Å². The van der Waals surface area contributed by atoms with E-state index in [2.05, 4.69) is 20.8 Å². The number of nitrogens with one attached hydrogen (secondary N) is 2. The molecular formula is C21H21FN4O3S. The van der Waals surface area contributed by atoms with Gasteiger partial charge in [-0.1, -0.05) is 47.7 Å². The number of carbonyl (C=O) groups excluding carboxylic acids is 1. The molecule has 0 spiro atoms. The van der Waals surface area contributed by atoms with E-state index in [1.165, 1.54) is 23.5 Å². The fourth-order valence-corrected chi connectivity index (χ4v) is 4.00. The Morgan fingerprint density at radius 3 is 2.83 bits per heavy atom. The maximum absolute atomic E-state index is 13.2. The molecule has 0 unspecified atom stereocenters. The van der Waals surface area contributed by atoms with Crippen LogP contribution < -0.4 is 10.6 Å². The fourth-order valence-electron chi connectivity index (χ4n) is 3.44. The number of hydrogen-bond acceptors (Lipinski definition) is 7. The van der Waals surface area contributed by atoms with Crippen molar-refractivity contribution in [3.8, 4) is 10.6 Å². The molecule has 0 radical (unpaired) electrons. The first-order valence-corrected chi connectivity index (χ1v) is 10.4. The highest BCUT2D eigenvalue weighted by Gasteiger charge is 2.37. The normalized spacial score (nSPS) is 20.8. The number of amides is 1. The molecule has 1 saturated heterocycles. The minimum Gasteiger partial charge on any atom is -0.442 e. The third-order valence-corrected chi connectivity index (χ3v) is 5.69. The van der Waals surface area contributed by atoms with E-state index in [-0.39, 0.29) is 18.4 Å². The highest BCUT2D eigenvalue weighted by molar-refractivity contribution is 7.12. The van der Waals surface area contributed by atoms with Gasteiger partial charge in [0.15, 0.2) is 0 Å². The number of aliphatic hydroxyl groups excluding tert-OH is 1. The lowest BCUT2D eigenvalue weighted by atomic mass is 10.0. The summed E-state index contributed by atoms with van der Waals surface area (Å²) in [5, 5.41) is 24.8. The monoisotopic (exact) mass is 428 g/mol. The SMILES string of the molecule is O=C(NCc1cccc(F)c1)O[C@@H]1[C@@H](O)CN[C@@H]1Cc1ccc(-c2nncs2)cc1. The molecule has 0 bridgehead atoms. The van der Waals surface area contributed by atoms with E-state index in [4.69, 9.17) is 4.74 Å². The molecular weight excluding hydrogens is 407 g/mol. The number of nitrogens with zero attached hydrogens (tertiary/aromatic N) is 2. The van der Waals surface area contributed by atoms with Crippen LogP contribution in [0.4, 0.5) is 9.18 Å². The lowest BCUT2D eigenvalue weighted by molar-refractivity contribution is 0.0188. The van der Waals surface area contributed by atoms with Crippen LogP contribution in [0.25, 0.3) is 10.6 Å². The molecule has 1 amide bonds. The van der Waals surface area contributed by atoms with Gasteiger partial charge in [0.2, 0.25) is 0 Å². The van der Waals surface area contributed by atoms with Gasteiger partial charge in [-0.25, -0.2) is 9.18 Å². The van der Waals surface area contributed by atoms with Gasteiger partial charge in [-0.3, -0.25) is 0 Å². The van der Waals surface area contributed by atoms with Gasteiger partial charge in [-0.2, -0.15) is 0 Å². The first kappa shape index (κ1) is 20.4. The van der Waals surface area contributed by atoms with Crippen molar-refractivity contribution in [3.63, 3.8) is 0 Å². The van der Waals surface area contributed by atoms with Gasteiger partial charge in [0.1, 0.15) is 28.5 Å². The Balaban J connectivity index is 1.33. The van der Waals surface area contributed by atoms with Crippen molar-refractivity contribution < 1.29 is 19.0 Å². The van der Waals surface area contributed by atoms with Gasteiger partial charge in [0.25, 0.3) is 0 Å². The Hall–Kier alpha value is -2.88. The number of aliphatic hydroxyl groups is 1. The fraction of sp³-hybridized carbons (Fsp3) is 0.286. The summed E-state index contributed by atoms with van der Waals surface area (Å²) >= 11 is 1.47. The first-order valence-electron chi connectivity index (χ1n) is 9.54. The maximum atomic E-state index is 13.2. The van der Waals surface area contributed by atoms with Crippen molar-refractivity contribution in [1.82, 2.24) is 20.8 Å². The van der Waals surface area contributed by atoms with Crippen molar-refractivity contribution in [2.75, 3.05) is 6.54 Å². The molecule has 0 saturated carbocycles. The molecule has 9 heteroatoms. The molecule has 3 atom stereocenters. The Labute approximate surface area is 176 Å². The van der Waals surface area contributed by atoms with Crippen LogP contribution in [0.15, 0.2) is 54.0 Å². The van der Waals surface area contributed by atoms with Crippen LogP contribution in [-0.4, -0.2) is 46.2 Å². The highest BCUT2D eigenvalue weighted by Crippen LogP contribution is 2.23. The van der Waals surface area contributed by atoms with Crippen LogP contribution in [0.2, 0.25) is 0 Å². The van der Waals surface area contributed by atoms with Crippen LogP contribution in [0.1, 0.15) is 11.1 Å². The molecule has 2 aromatic carbocycles. The number of β-amino-alcohol motifs (C(OH)–C–C–N with tert-alkyl or cyclic N) is 1. The average Bonchev–Trinajstić information content (AvgIpc) is 3.39. The van der Waals surface area contributed by atoms with E-state index in [1.807, 2.05) is 24.3 Å². The summed E-state index contributed by atoms with van der Waals surface area (Å²) in [6.07, 6.45) is -1.53. The van der Waals surface area contributed by atoms with Crippen LogP contribution in [0.5, 0.6) is 0 Å². The van der Waals surface area contributed by atoms with E-state index in [0.717, 1.165) is 16.1 Å². The molecule has 30 heavy (non-hydrogen) atoms. The van der Waals surface area contributed by atoms with Crippen LogP contribution >= 0.6 is 11.3 Å². The van der Waals surface area contributed by atoms with Crippen LogP contribution in [0.3, 0.4) is 0 Å². The van der Waals surface area contributed by atoms with E-state index >= 15 is 0 Å². The van der Waals surface area contributed by atoms with E-state index < -0.39 is 18.3 Å². The minimum absolute atomic E-state index is 0.143. The average molecular weight is 428 g/mol. The Morgan fingerprint density at radius 2 is 2.10 bits per heavy atom. The van der Waals surface area contributed by atoms with Crippen molar-refractivity contribution in [1.29, 1.82) is 0 Å². The lowest BCUT2D eigenvalue weighted by Crippen LogP contribution is -2.41. The van der Waals surface area contributed by atoms with Gasteiger partial charge in [-0.05, 0) is 29.7 Å². The molecule has 1 aliphatic heterocycles. The molecule has 0 aliphatic carbocycles.